The Bertz CT molecular complexity index is 379. The highest BCUT2D eigenvalue weighted by Crippen LogP contribution is 2.06. The van der Waals surface area contributed by atoms with Crippen LogP contribution in [0.5, 0.6) is 0 Å². The Morgan fingerprint density at radius 3 is 3.08 bits per heavy atom. The summed E-state index contributed by atoms with van der Waals surface area (Å²) in [5.41, 5.74) is 3.44. The minimum absolute atomic E-state index is 0.892. The van der Waals surface area contributed by atoms with Gasteiger partial charge in [0.15, 0.2) is 0 Å². The molecule has 0 bridgehead atoms. The molecule has 0 saturated heterocycles. The van der Waals surface area contributed by atoms with Crippen LogP contribution in [0.3, 0.4) is 0 Å². The Morgan fingerprint density at radius 1 is 1.46 bits per heavy atom. The summed E-state index contributed by atoms with van der Waals surface area (Å²) in [5.74, 6) is 0. The predicted octanol–water partition coefficient (Wildman–Crippen LogP) is 1.70. The van der Waals surface area contributed by atoms with Crippen molar-refractivity contribution in [3.05, 3.63) is 47.8 Å². The molecule has 0 saturated carbocycles. The van der Waals surface area contributed by atoms with E-state index in [4.69, 9.17) is 0 Å². The topological polar surface area (TPSA) is 41.6 Å². The number of nitrogens with zero attached hydrogens (tertiary/aromatic N) is 2. The van der Waals surface area contributed by atoms with E-state index in [1.54, 1.807) is 6.33 Å². The number of imidazole rings is 1. The molecule has 2 aromatic rings. The standard InChI is InChI=1S/C10H11N3/c1-8-4-9(2-3-12-8)5-10-6-11-7-13-10/h2-4,6-7H,5H2,1H3,(H,11,13). The third-order valence-electron chi connectivity index (χ3n) is 1.91. The molecular formula is C10H11N3. The van der Waals surface area contributed by atoms with E-state index >= 15 is 0 Å². The average molecular weight is 173 g/mol. The Morgan fingerprint density at radius 2 is 2.38 bits per heavy atom. The van der Waals surface area contributed by atoms with Gasteiger partial charge in [0.25, 0.3) is 0 Å². The van der Waals surface area contributed by atoms with Crippen molar-refractivity contribution in [1.82, 2.24) is 15.0 Å². The molecule has 0 spiro atoms. The first-order valence-corrected chi connectivity index (χ1v) is 4.23. The van der Waals surface area contributed by atoms with Gasteiger partial charge in [-0.25, -0.2) is 4.98 Å². The maximum Gasteiger partial charge on any atom is 0.0921 e. The number of rotatable bonds is 2. The molecule has 2 rings (SSSR count). The zero-order chi connectivity index (χ0) is 9.10. The summed E-state index contributed by atoms with van der Waals surface area (Å²) < 4.78 is 0. The lowest BCUT2D eigenvalue weighted by Gasteiger charge is -1.98. The zero-order valence-corrected chi connectivity index (χ0v) is 7.49. The summed E-state index contributed by atoms with van der Waals surface area (Å²) in [6, 6.07) is 4.11. The number of H-pyrrole nitrogens is 1. The maximum absolute atomic E-state index is 4.14. The van der Waals surface area contributed by atoms with Gasteiger partial charge >= 0.3 is 0 Å². The van der Waals surface area contributed by atoms with Gasteiger partial charge in [-0.3, -0.25) is 4.98 Å². The van der Waals surface area contributed by atoms with E-state index in [0.29, 0.717) is 0 Å². The summed E-state index contributed by atoms with van der Waals surface area (Å²) in [6.07, 6.45) is 6.27. The van der Waals surface area contributed by atoms with Crippen LogP contribution in [0.25, 0.3) is 0 Å². The third-order valence-corrected chi connectivity index (χ3v) is 1.91. The van der Waals surface area contributed by atoms with Gasteiger partial charge in [-0.1, -0.05) is 0 Å². The van der Waals surface area contributed by atoms with Crippen molar-refractivity contribution in [3.63, 3.8) is 0 Å². The minimum Gasteiger partial charge on any atom is -0.348 e. The highest BCUT2D eigenvalue weighted by atomic mass is 14.9. The number of hydrogen-bond acceptors (Lipinski definition) is 2. The Hall–Kier alpha value is -1.64. The van der Waals surface area contributed by atoms with Crippen molar-refractivity contribution in [2.75, 3.05) is 0 Å². The van der Waals surface area contributed by atoms with Crippen molar-refractivity contribution < 1.29 is 0 Å². The molecule has 2 heterocycles. The Kier molecular flexibility index (Phi) is 2.08. The first-order chi connectivity index (χ1) is 6.34. The van der Waals surface area contributed by atoms with Crippen LogP contribution in [0.1, 0.15) is 17.0 Å². The largest absolute Gasteiger partial charge is 0.348 e. The first kappa shape index (κ1) is 7.98. The lowest BCUT2D eigenvalue weighted by molar-refractivity contribution is 1.07. The molecule has 3 nitrogen and oxygen atoms in total. The van der Waals surface area contributed by atoms with Gasteiger partial charge in [0.2, 0.25) is 0 Å². The third kappa shape index (κ3) is 1.93. The van der Waals surface area contributed by atoms with Gasteiger partial charge in [-0.05, 0) is 24.6 Å². The molecule has 1 N–H and O–H groups in total. The molecule has 0 amide bonds. The van der Waals surface area contributed by atoms with Crippen LogP contribution >= 0.6 is 0 Å². The summed E-state index contributed by atoms with van der Waals surface area (Å²) >= 11 is 0. The van der Waals surface area contributed by atoms with E-state index in [0.717, 1.165) is 17.8 Å². The fourth-order valence-electron chi connectivity index (χ4n) is 1.32. The molecule has 0 unspecified atom stereocenters. The molecule has 0 aromatic carbocycles. The van der Waals surface area contributed by atoms with Crippen molar-refractivity contribution in [2.24, 2.45) is 0 Å². The van der Waals surface area contributed by atoms with Gasteiger partial charge in [-0.2, -0.15) is 0 Å². The van der Waals surface area contributed by atoms with Gasteiger partial charge in [-0.15, -0.1) is 0 Å². The quantitative estimate of drug-likeness (QED) is 0.751. The van der Waals surface area contributed by atoms with Crippen molar-refractivity contribution in [1.29, 1.82) is 0 Å². The highest BCUT2D eigenvalue weighted by Gasteiger charge is 1.97. The second kappa shape index (κ2) is 3.39. The van der Waals surface area contributed by atoms with Crippen molar-refractivity contribution in [2.45, 2.75) is 13.3 Å². The van der Waals surface area contributed by atoms with E-state index in [1.165, 1.54) is 5.56 Å². The second-order valence-electron chi connectivity index (χ2n) is 3.06. The zero-order valence-electron chi connectivity index (χ0n) is 7.49. The van der Waals surface area contributed by atoms with E-state index < -0.39 is 0 Å². The number of aromatic amines is 1. The Labute approximate surface area is 76.9 Å². The van der Waals surface area contributed by atoms with Crippen LogP contribution in [0.4, 0.5) is 0 Å². The van der Waals surface area contributed by atoms with Crippen molar-refractivity contribution >= 4 is 0 Å². The molecule has 3 heteroatoms. The molecule has 2 aromatic heterocycles. The average Bonchev–Trinajstić information content (AvgIpc) is 2.57. The minimum atomic E-state index is 0.892. The van der Waals surface area contributed by atoms with E-state index in [-0.39, 0.29) is 0 Å². The van der Waals surface area contributed by atoms with Gasteiger partial charge in [0.1, 0.15) is 0 Å². The monoisotopic (exact) mass is 173 g/mol. The van der Waals surface area contributed by atoms with Crippen LogP contribution in [0, 0.1) is 6.92 Å². The van der Waals surface area contributed by atoms with Crippen LogP contribution < -0.4 is 0 Å². The normalized spacial score (nSPS) is 10.2. The fraction of sp³-hybridized carbons (Fsp3) is 0.200. The number of pyridine rings is 1. The molecule has 0 fully saturated rings. The number of hydrogen-bond donors (Lipinski definition) is 1. The van der Waals surface area contributed by atoms with Gasteiger partial charge < -0.3 is 4.98 Å². The molecule has 0 aliphatic heterocycles. The van der Waals surface area contributed by atoms with Gasteiger partial charge in [0, 0.05) is 30.2 Å². The van der Waals surface area contributed by atoms with Crippen LogP contribution in [0.15, 0.2) is 30.9 Å². The SMILES string of the molecule is Cc1cc(Cc2cnc[nH]2)ccn1. The number of aryl methyl sites for hydroxylation is 1. The van der Waals surface area contributed by atoms with Crippen LogP contribution in [0.2, 0.25) is 0 Å². The Balaban J connectivity index is 2.19. The second-order valence-corrected chi connectivity index (χ2v) is 3.06. The number of aromatic nitrogens is 3. The van der Waals surface area contributed by atoms with Crippen LogP contribution in [-0.2, 0) is 6.42 Å². The molecule has 0 aliphatic rings. The fourth-order valence-corrected chi connectivity index (χ4v) is 1.32. The van der Waals surface area contributed by atoms with Crippen molar-refractivity contribution in [3.8, 4) is 0 Å². The molecule has 0 aliphatic carbocycles. The summed E-state index contributed by atoms with van der Waals surface area (Å²) in [5, 5.41) is 0. The predicted molar refractivity (Wildman–Crippen MR) is 50.4 cm³/mol. The molecule has 13 heavy (non-hydrogen) atoms. The molecule has 0 radical (unpaired) electrons. The lowest BCUT2D eigenvalue weighted by Crippen LogP contribution is -1.90. The maximum atomic E-state index is 4.14. The van der Waals surface area contributed by atoms with Gasteiger partial charge in [0.05, 0.1) is 6.33 Å². The summed E-state index contributed by atoms with van der Waals surface area (Å²) in [7, 11) is 0. The smallest absolute Gasteiger partial charge is 0.0921 e. The van der Waals surface area contributed by atoms with E-state index in [2.05, 4.69) is 21.0 Å². The van der Waals surface area contributed by atoms with E-state index in [9.17, 15) is 0 Å². The molecule has 66 valence electrons. The highest BCUT2D eigenvalue weighted by molar-refractivity contribution is 5.20. The van der Waals surface area contributed by atoms with E-state index in [1.807, 2.05) is 25.4 Å². The summed E-state index contributed by atoms with van der Waals surface area (Å²) in [4.78, 5) is 11.2. The summed E-state index contributed by atoms with van der Waals surface area (Å²) in [6.45, 7) is 2.00. The van der Waals surface area contributed by atoms with Crippen LogP contribution in [-0.4, -0.2) is 15.0 Å². The molecule has 0 atom stereocenters. The lowest BCUT2D eigenvalue weighted by atomic mass is 10.1. The first-order valence-electron chi connectivity index (χ1n) is 4.23. The number of nitrogens with one attached hydrogen (secondary N) is 1. The molecular weight excluding hydrogens is 162 g/mol.